The van der Waals surface area contributed by atoms with Crippen molar-refractivity contribution in [3.63, 3.8) is 0 Å². The minimum atomic E-state index is 0.0621. The lowest BCUT2D eigenvalue weighted by Crippen LogP contribution is -2.39. The quantitative estimate of drug-likeness (QED) is 0.617. The van der Waals surface area contributed by atoms with Gasteiger partial charge >= 0.3 is 0 Å². The van der Waals surface area contributed by atoms with E-state index in [-0.39, 0.29) is 5.91 Å². The molecule has 1 atom stereocenters. The molecular weight excluding hydrogens is 412 g/mol. The predicted octanol–water partition coefficient (Wildman–Crippen LogP) is 4.42. The molecular formula is C19H19BrN4OS. The first-order valence-electron chi connectivity index (χ1n) is 8.62. The van der Waals surface area contributed by atoms with Crippen LogP contribution in [0.15, 0.2) is 46.5 Å². The third-order valence-corrected chi connectivity index (χ3v) is 6.29. The van der Waals surface area contributed by atoms with Crippen molar-refractivity contribution in [2.75, 3.05) is 13.1 Å². The predicted molar refractivity (Wildman–Crippen MR) is 106 cm³/mol. The summed E-state index contributed by atoms with van der Waals surface area (Å²) in [6.45, 7) is 3.48. The molecule has 5 nitrogen and oxygen atoms in total. The fraction of sp³-hybridized carbons (Fsp3) is 0.316. The van der Waals surface area contributed by atoms with Crippen molar-refractivity contribution in [2.45, 2.75) is 25.7 Å². The number of hydrogen-bond donors (Lipinski definition) is 0. The van der Waals surface area contributed by atoms with E-state index in [4.69, 9.17) is 0 Å². The number of carbonyl (C=O) groups excluding carboxylic acids is 1. The summed E-state index contributed by atoms with van der Waals surface area (Å²) >= 11 is 5.12. The van der Waals surface area contributed by atoms with E-state index in [1.165, 1.54) is 0 Å². The van der Waals surface area contributed by atoms with Crippen LogP contribution in [0, 0.1) is 6.92 Å². The Morgan fingerprint density at radius 3 is 2.85 bits per heavy atom. The topological polar surface area (TPSA) is 51.0 Å². The number of hydrogen-bond acceptors (Lipinski definition) is 4. The van der Waals surface area contributed by atoms with Crippen molar-refractivity contribution in [3.05, 3.63) is 62.8 Å². The van der Waals surface area contributed by atoms with Gasteiger partial charge in [-0.1, -0.05) is 15.9 Å². The van der Waals surface area contributed by atoms with Crippen LogP contribution < -0.4 is 0 Å². The van der Waals surface area contributed by atoms with Gasteiger partial charge in [-0.3, -0.25) is 4.79 Å². The first-order chi connectivity index (χ1) is 12.6. The second kappa shape index (κ2) is 7.32. The van der Waals surface area contributed by atoms with Crippen LogP contribution in [0.25, 0.3) is 5.69 Å². The first-order valence-corrected chi connectivity index (χ1v) is 10.3. The highest BCUT2D eigenvalue weighted by Gasteiger charge is 2.28. The van der Waals surface area contributed by atoms with Crippen LogP contribution in [0.5, 0.6) is 0 Å². The zero-order valence-corrected chi connectivity index (χ0v) is 16.8. The zero-order chi connectivity index (χ0) is 18.1. The Balaban J connectivity index is 1.56. The zero-order valence-electron chi connectivity index (χ0n) is 14.4. The number of benzene rings is 1. The molecule has 1 unspecified atom stereocenters. The van der Waals surface area contributed by atoms with E-state index in [0.29, 0.717) is 11.5 Å². The van der Waals surface area contributed by atoms with Crippen LogP contribution in [0.2, 0.25) is 0 Å². The SMILES string of the molecule is Cc1c(C(=O)N2CCCC(c3nccs3)C2)cnn1-c1ccc(Br)cc1. The number of halogens is 1. The summed E-state index contributed by atoms with van der Waals surface area (Å²) in [5.74, 6) is 0.404. The molecule has 1 aliphatic rings. The summed E-state index contributed by atoms with van der Waals surface area (Å²) in [7, 11) is 0. The van der Waals surface area contributed by atoms with Gasteiger partial charge in [0.1, 0.15) is 0 Å². The molecule has 1 aromatic carbocycles. The third kappa shape index (κ3) is 3.33. The number of likely N-dealkylation sites (tertiary alicyclic amines) is 1. The molecule has 1 saturated heterocycles. The second-order valence-electron chi connectivity index (χ2n) is 6.49. The second-order valence-corrected chi connectivity index (χ2v) is 8.33. The molecule has 4 rings (SSSR count). The monoisotopic (exact) mass is 430 g/mol. The van der Waals surface area contributed by atoms with E-state index in [0.717, 1.165) is 46.8 Å². The highest BCUT2D eigenvalue weighted by Crippen LogP contribution is 2.29. The van der Waals surface area contributed by atoms with Crippen LogP contribution in [-0.4, -0.2) is 38.7 Å². The van der Waals surface area contributed by atoms with Gasteiger partial charge in [0.25, 0.3) is 5.91 Å². The summed E-state index contributed by atoms with van der Waals surface area (Å²) in [6.07, 6.45) is 5.63. The van der Waals surface area contributed by atoms with Crippen molar-refractivity contribution in [1.82, 2.24) is 19.7 Å². The van der Waals surface area contributed by atoms with Gasteiger partial charge in [0.2, 0.25) is 0 Å². The highest BCUT2D eigenvalue weighted by molar-refractivity contribution is 9.10. The largest absolute Gasteiger partial charge is 0.338 e. The smallest absolute Gasteiger partial charge is 0.257 e. The van der Waals surface area contributed by atoms with Gasteiger partial charge in [-0.25, -0.2) is 9.67 Å². The van der Waals surface area contributed by atoms with Crippen molar-refractivity contribution >= 4 is 33.2 Å². The minimum absolute atomic E-state index is 0.0621. The molecule has 1 aliphatic heterocycles. The molecule has 3 aromatic rings. The Hall–Kier alpha value is -1.99. The minimum Gasteiger partial charge on any atom is -0.338 e. The van der Waals surface area contributed by atoms with Crippen molar-refractivity contribution in [3.8, 4) is 5.69 Å². The molecule has 7 heteroatoms. The Bertz CT molecular complexity index is 904. The standard InChI is InChI=1S/C19H19BrN4OS/c1-13-17(11-22-24(13)16-6-4-15(20)5-7-16)19(25)23-9-2-3-14(12-23)18-21-8-10-26-18/h4-8,10-11,14H,2-3,9,12H2,1H3. The van der Waals surface area contributed by atoms with Crippen molar-refractivity contribution in [2.24, 2.45) is 0 Å². The van der Waals surface area contributed by atoms with Crippen LogP contribution in [-0.2, 0) is 0 Å². The number of amides is 1. The summed E-state index contributed by atoms with van der Waals surface area (Å²) in [6, 6.07) is 7.91. The molecule has 0 saturated carbocycles. The maximum absolute atomic E-state index is 13.1. The lowest BCUT2D eigenvalue weighted by Gasteiger charge is -2.31. The van der Waals surface area contributed by atoms with Gasteiger partial charge in [0, 0.05) is 35.1 Å². The number of nitrogens with zero attached hydrogens (tertiary/aromatic N) is 4. The van der Waals surface area contributed by atoms with Gasteiger partial charge in [-0.15, -0.1) is 11.3 Å². The van der Waals surface area contributed by atoms with Crippen LogP contribution >= 0.6 is 27.3 Å². The molecule has 0 aliphatic carbocycles. The fourth-order valence-corrected chi connectivity index (χ4v) is 4.46. The number of carbonyl (C=O) groups is 1. The van der Waals surface area contributed by atoms with E-state index in [1.54, 1.807) is 17.5 Å². The average molecular weight is 431 g/mol. The number of thiazole rings is 1. The number of aromatic nitrogens is 3. The van der Waals surface area contributed by atoms with Gasteiger partial charge in [0.15, 0.2) is 0 Å². The maximum atomic E-state index is 13.1. The summed E-state index contributed by atoms with van der Waals surface area (Å²) in [5.41, 5.74) is 2.49. The lowest BCUT2D eigenvalue weighted by molar-refractivity contribution is 0.0706. The molecule has 2 aromatic heterocycles. The van der Waals surface area contributed by atoms with Crippen LogP contribution in [0.1, 0.15) is 39.8 Å². The Morgan fingerprint density at radius 1 is 1.31 bits per heavy atom. The van der Waals surface area contributed by atoms with E-state index in [1.807, 2.05) is 52.3 Å². The molecule has 3 heterocycles. The van der Waals surface area contributed by atoms with E-state index >= 15 is 0 Å². The molecule has 134 valence electrons. The van der Waals surface area contributed by atoms with E-state index < -0.39 is 0 Å². The summed E-state index contributed by atoms with van der Waals surface area (Å²) in [5, 5.41) is 7.58. The van der Waals surface area contributed by atoms with Crippen molar-refractivity contribution < 1.29 is 4.79 Å². The molecule has 0 spiro atoms. The number of rotatable bonds is 3. The molecule has 0 N–H and O–H groups in total. The van der Waals surface area contributed by atoms with Crippen LogP contribution in [0.4, 0.5) is 0 Å². The molecule has 1 amide bonds. The third-order valence-electron chi connectivity index (χ3n) is 4.82. The van der Waals surface area contributed by atoms with E-state index in [9.17, 15) is 4.79 Å². The Kier molecular flexibility index (Phi) is 4.91. The summed E-state index contributed by atoms with van der Waals surface area (Å²) < 4.78 is 2.84. The van der Waals surface area contributed by atoms with Crippen LogP contribution in [0.3, 0.4) is 0 Å². The first kappa shape index (κ1) is 17.4. The Morgan fingerprint density at radius 2 is 2.12 bits per heavy atom. The average Bonchev–Trinajstić information content (AvgIpc) is 3.32. The summed E-state index contributed by atoms with van der Waals surface area (Å²) in [4.78, 5) is 19.5. The maximum Gasteiger partial charge on any atom is 0.257 e. The van der Waals surface area contributed by atoms with E-state index in [2.05, 4.69) is 26.0 Å². The lowest BCUT2D eigenvalue weighted by atomic mass is 9.98. The molecule has 26 heavy (non-hydrogen) atoms. The number of piperidine rings is 1. The van der Waals surface area contributed by atoms with Gasteiger partial charge < -0.3 is 4.90 Å². The Labute approximate surface area is 164 Å². The normalized spacial score (nSPS) is 17.5. The van der Waals surface area contributed by atoms with Gasteiger partial charge in [0.05, 0.1) is 28.1 Å². The molecule has 0 radical (unpaired) electrons. The van der Waals surface area contributed by atoms with Crippen molar-refractivity contribution in [1.29, 1.82) is 0 Å². The molecule has 1 fully saturated rings. The fourth-order valence-electron chi connectivity index (χ4n) is 3.43. The van der Waals surface area contributed by atoms with Gasteiger partial charge in [-0.2, -0.15) is 5.10 Å². The van der Waals surface area contributed by atoms with Gasteiger partial charge in [-0.05, 0) is 44.0 Å². The molecule has 0 bridgehead atoms. The highest BCUT2D eigenvalue weighted by atomic mass is 79.9.